The summed E-state index contributed by atoms with van der Waals surface area (Å²) in [7, 11) is 0. The van der Waals surface area contributed by atoms with Crippen LogP contribution in [0.2, 0.25) is 0 Å². The van der Waals surface area contributed by atoms with Crippen molar-refractivity contribution in [2.75, 3.05) is 5.32 Å². The van der Waals surface area contributed by atoms with Gasteiger partial charge in [0.25, 0.3) is 0 Å². The van der Waals surface area contributed by atoms with Gasteiger partial charge in [-0.25, -0.2) is 0 Å². The summed E-state index contributed by atoms with van der Waals surface area (Å²) >= 11 is 0. The Hall–Kier alpha value is -2.77. The molecular weight excluding hydrogens is 188 g/mol. The summed E-state index contributed by atoms with van der Waals surface area (Å²) in [6.45, 7) is 0. The molecule has 0 unspecified atom stereocenters. The topological polar surface area (TPSA) is 83.4 Å². The van der Waals surface area contributed by atoms with Crippen LogP contribution in [-0.4, -0.2) is 0 Å². The predicted octanol–water partition coefficient (Wildman–Crippen LogP) is 1.90. The summed E-state index contributed by atoms with van der Waals surface area (Å²) in [4.78, 5) is 0. The number of nitriles is 3. The molecule has 4 heteroatoms. The van der Waals surface area contributed by atoms with Gasteiger partial charge in [-0.3, -0.25) is 0 Å². The van der Waals surface area contributed by atoms with Crippen LogP contribution in [-0.2, 0) is 0 Å². The highest BCUT2D eigenvalue weighted by Crippen LogP contribution is 2.13. The standard InChI is InChI=1S/C11H6N4/c12-5-9(6-13)8-15-11-4-2-1-3-10(11)7-14/h1-4,8,15H. The number of hydrogen-bond donors (Lipinski definition) is 1. The average molecular weight is 194 g/mol. The van der Waals surface area contributed by atoms with Gasteiger partial charge in [0.2, 0.25) is 0 Å². The van der Waals surface area contributed by atoms with Gasteiger partial charge in [-0.1, -0.05) is 12.1 Å². The van der Waals surface area contributed by atoms with Crippen LogP contribution in [0.15, 0.2) is 36.0 Å². The van der Waals surface area contributed by atoms with E-state index >= 15 is 0 Å². The van der Waals surface area contributed by atoms with Crippen molar-refractivity contribution < 1.29 is 0 Å². The fraction of sp³-hybridized carbons (Fsp3) is 0. The van der Waals surface area contributed by atoms with Crippen LogP contribution in [0.5, 0.6) is 0 Å². The molecule has 0 amide bonds. The Morgan fingerprint density at radius 2 is 1.80 bits per heavy atom. The Balaban J connectivity index is 2.94. The van der Waals surface area contributed by atoms with E-state index in [-0.39, 0.29) is 5.57 Å². The van der Waals surface area contributed by atoms with Gasteiger partial charge in [0.15, 0.2) is 0 Å². The van der Waals surface area contributed by atoms with Crippen molar-refractivity contribution in [3.05, 3.63) is 41.6 Å². The molecule has 4 nitrogen and oxygen atoms in total. The van der Waals surface area contributed by atoms with E-state index in [1.165, 1.54) is 6.20 Å². The second-order valence-electron chi connectivity index (χ2n) is 2.58. The van der Waals surface area contributed by atoms with E-state index < -0.39 is 0 Å². The van der Waals surface area contributed by atoms with Crippen LogP contribution in [0.25, 0.3) is 0 Å². The third kappa shape index (κ3) is 2.59. The summed E-state index contributed by atoms with van der Waals surface area (Å²) in [6.07, 6.45) is 1.27. The Labute approximate surface area is 87.3 Å². The Kier molecular flexibility index (Phi) is 3.48. The summed E-state index contributed by atoms with van der Waals surface area (Å²) < 4.78 is 0. The molecule has 0 aliphatic heterocycles. The zero-order chi connectivity index (χ0) is 11.1. The first-order valence-corrected chi connectivity index (χ1v) is 4.08. The molecule has 0 atom stereocenters. The highest BCUT2D eigenvalue weighted by Gasteiger charge is 1.98. The first kappa shape index (κ1) is 10.3. The number of rotatable bonds is 2. The molecule has 0 heterocycles. The van der Waals surface area contributed by atoms with Crippen LogP contribution >= 0.6 is 0 Å². The zero-order valence-corrected chi connectivity index (χ0v) is 7.73. The molecule has 0 aliphatic carbocycles. The molecule has 15 heavy (non-hydrogen) atoms. The summed E-state index contributed by atoms with van der Waals surface area (Å²) in [6, 6.07) is 12.3. The molecule has 70 valence electrons. The van der Waals surface area contributed by atoms with Crippen molar-refractivity contribution in [2.45, 2.75) is 0 Å². The largest absolute Gasteiger partial charge is 0.359 e. The number of anilines is 1. The lowest BCUT2D eigenvalue weighted by Gasteiger charge is -2.01. The molecule has 0 fully saturated rings. The van der Waals surface area contributed by atoms with Crippen molar-refractivity contribution in [3.8, 4) is 18.2 Å². The SMILES string of the molecule is N#CC(C#N)=CNc1ccccc1C#N. The lowest BCUT2D eigenvalue weighted by Crippen LogP contribution is -1.92. The number of para-hydroxylation sites is 1. The van der Waals surface area contributed by atoms with E-state index in [1.807, 2.05) is 6.07 Å². The lowest BCUT2D eigenvalue weighted by atomic mass is 10.2. The minimum atomic E-state index is -0.0391. The van der Waals surface area contributed by atoms with E-state index in [0.29, 0.717) is 11.3 Å². The van der Waals surface area contributed by atoms with E-state index in [9.17, 15) is 0 Å². The second-order valence-corrected chi connectivity index (χ2v) is 2.58. The predicted molar refractivity (Wildman–Crippen MR) is 54.1 cm³/mol. The third-order valence-electron chi connectivity index (χ3n) is 1.66. The van der Waals surface area contributed by atoms with E-state index in [4.69, 9.17) is 15.8 Å². The summed E-state index contributed by atoms with van der Waals surface area (Å²) in [5, 5.41) is 28.5. The summed E-state index contributed by atoms with van der Waals surface area (Å²) in [5.41, 5.74) is 0.995. The molecule has 0 saturated heterocycles. The molecule has 0 spiro atoms. The number of hydrogen-bond acceptors (Lipinski definition) is 4. The Morgan fingerprint density at radius 3 is 2.40 bits per heavy atom. The smallest absolute Gasteiger partial charge is 0.145 e. The van der Waals surface area contributed by atoms with Crippen molar-refractivity contribution >= 4 is 5.69 Å². The monoisotopic (exact) mass is 194 g/mol. The fourth-order valence-corrected chi connectivity index (χ4v) is 0.946. The van der Waals surface area contributed by atoms with Gasteiger partial charge in [-0.05, 0) is 12.1 Å². The normalized spacial score (nSPS) is 7.80. The van der Waals surface area contributed by atoms with Gasteiger partial charge in [-0.2, -0.15) is 15.8 Å². The molecule has 0 radical (unpaired) electrons. The quantitative estimate of drug-likeness (QED) is 0.728. The molecule has 1 aromatic rings. The minimum Gasteiger partial charge on any atom is -0.359 e. The Bertz CT molecular complexity index is 493. The van der Waals surface area contributed by atoms with Crippen molar-refractivity contribution in [1.29, 1.82) is 15.8 Å². The average Bonchev–Trinajstić information content (AvgIpc) is 2.31. The number of benzene rings is 1. The van der Waals surface area contributed by atoms with Crippen LogP contribution in [0.4, 0.5) is 5.69 Å². The highest BCUT2D eigenvalue weighted by atomic mass is 14.8. The highest BCUT2D eigenvalue weighted by molar-refractivity contribution is 5.59. The number of nitrogens with zero attached hydrogens (tertiary/aromatic N) is 3. The number of allylic oxidation sites excluding steroid dienone is 1. The maximum Gasteiger partial charge on any atom is 0.145 e. The van der Waals surface area contributed by atoms with Crippen LogP contribution in [0.1, 0.15) is 5.56 Å². The molecule has 0 saturated carbocycles. The maximum atomic E-state index is 8.76. The van der Waals surface area contributed by atoms with Crippen LogP contribution in [0, 0.1) is 34.0 Å². The van der Waals surface area contributed by atoms with Gasteiger partial charge in [0.05, 0.1) is 11.3 Å². The first-order chi connectivity index (χ1) is 7.31. The van der Waals surface area contributed by atoms with Crippen LogP contribution < -0.4 is 5.32 Å². The minimum absolute atomic E-state index is 0.0391. The van der Waals surface area contributed by atoms with Gasteiger partial charge < -0.3 is 5.32 Å². The maximum absolute atomic E-state index is 8.76. The van der Waals surface area contributed by atoms with Gasteiger partial charge in [0, 0.05) is 6.20 Å². The molecular formula is C11H6N4. The second kappa shape index (κ2) is 5.07. The van der Waals surface area contributed by atoms with Gasteiger partial charge in [0.1, 0.15) is 23.8 Å². The molecule has 1 rings (SSSR count). The molecule has 0 aromatic heterocycles. The van der Waals surface area contributed by atoms with Gasteiger partial charge >= 0.3 is 0 Å². The van der Waals surface area contributed by atoms with E-state index in [0.717, 1.165) is 0 Å². The molecule has 1 aromatic carbocycles. The molecule has 0 aliphatic rings. The number of nitrogens with one attached hydrogen (secondary N) is 1. The summed E-state index contributed by atoms with van der Waals surface area (Å²) in [5.74, 6) is 0. The lowest BCUT2D eigenvalue weighted by molar-refractivity contribution is 1.43. The van der Waals surface area contributed by atoms with E-state index in [2.05, 4.69) is 5.32 Å². The van der Waals surface area contributed by atoms with Crippen molar-refractivity contribution in [2.24, 2.45) is 0 Å². The molecule has 1 N–H and O–H groups in total. The first-order valence-electron chi connectivity index (χ1n) is 4.08. The Morgan fingerprint density at radius 1 is 1.13 bits per heavy atom. The fourth-order valence-electron chi connectivity index (χ4n) is 0.946. The zero-order valence-electron chi connectivity index (χ0n) is 7.73. The van der Waals surface area contributed by atoms with Crippen molar-refractivity contribution in [3.63, 3.8) is 0 Å². The third-order valence-corrected chi connectivity index (χ3v) is 1.66. The van der Waals surface area contributed by atoms with Gasteiger partial charge in [-0.15, -0.1) is 0 Å². The van der Waals surface area contributed by atoms with Crippen LogP contribution in [0.3, 0.4) is 0 Å². The molecule has 0 bridgehead atoms. The van der Waals surface area contributed by atoms with Crippen molar-refractivity contribution in [1.82, 2.24) is 0 Å². The van der Waals surface area contributed by atoms with E-state index in [1.54, 1.807) is 36.4 Å².